The molecule has 0 bridgehead atoms. The predicted octanol–water partition coefficient (Wildman–Crippen LogP) is 2.08. The molecule has 0 radical (unpaired) electrons. The first-order valence-electron chi connectivity index (χ1n) is 7.70. The number of carbonyl (C=O) groups is 2. The van der Waals surface area contributed by atoms with Gasteiger partial charge in [0.25, 0.3) is 0 Å². The van der Waals surface area contributed by atoms with E-state index in [4.69, 9.17) is 5.73 Å². The van der Waals surface area contributed by atoms with Crippen LogP contribution < -0.4 is 21.5 Å². The SMILES string of the molecule is CCN(NC(=O)CCCCCNC(N)=O)c1ccc(C)cc1. The van der Waals surface area contributed by atoms with Crippen molar-refractivity contribution >= 4 is 17.6 Å². The van der Waals surface area contributed by atoms with Gasteiger partial charge in [0.2, 0.25) is 5.91 Å². The molecule has 0 heterocycles. The predicted molar refractivity (Wildman–Crippen MR) is 88.4 cm³/mol. The second-order valence-corrected chi connectivity index (χ2v) is 5.22. The number of hydrogen-bond donors (Lipinski definition) is 3. The van der Waals surface area contributed by atoms with Gasteiger partial charge in [0.1, 0.15) is 0 Å². The number of benzene rings is 1. The zero-order valence-electron chi connectivity index (χ0n) is 13.4. The average Bonchev–Trinajstić information content (AvgIpc) is 2.49. The molecular weight excluding hydrogens is 280 g/mol. The quantitative estimate of drug-likeness (QED) is 0.482. The van der Waals surface area contributed by atoms with Crippen molar-refractivity contribution in [1.82, 2.24) is 10.7 Å². The summed E-state index contributed by atoms with van der Waals surface area (Å²) >= 11 is 0. The molecule has 1 aromatic carbocycles. The molecule has 0 aliphatic rings. The van der Waals surface area contributed by atoms with Crippen LogP contribution in [0.25, 0.3) is 0 Å². The van der Waals surface area contributed by atoms with Crippen molar-refractivity contribution in [1.29, 1.82) is 0 Å². The van der Waals surface area contributed by atoms with Gasteiger partial charge in [0, 0.05) is 19.5 Å². The Balaban J connectivity index is 2.27. The van der Waals surface area contributed by atoms with Crippen LogP contribution in [0.4, 0.5) is 10.5 Å². The van der Waals surface area contributed by atoms with Gasteiger partial charge in [-0.3, -0.25) is 15.2 Å². The Labute approximate surface area is 132 Å². The highest BCUT2D eigenvalue weighted by atomic mass is 16.2. The minimum absolute atomic E-state index is 0.00489. The Morgan fingerprint density at radius 2 is 1.82 bits per heavy atom. The molecule has 0 aliphatic carbocycles. The van der Waals surface area contributed by atoms with Crippen LogP contribution in [0, 0.1) is 6.92 Å². The summed E-state index contributed by atoms with van der Waals surface area (Å²) in [5.74, 6) is 0.00489. The lowest BCUT2D eigenvalue weighted by Gasteiger charge is -2.24. The molecule has 0 saturated carbocycles. The summed E-state index contributed by atoms with van der Waals surface area (Å²) in [7, 11) is 0. The number of nitrogens with two attached hydrogens (primary N) is 1. The minimum atomic E-state index is -0.505. The molecule has 1 rings (SSSR count). The zero-order valence-corrected chi connectivity index (χ0v) is 13.4. The van der Waals surface area contributed by atoms with Crippen molar-refractivity contribution in [3.05, 3.63) is 29.8 Å². The second kappa shape index (κ2) is 9.65. The van der Waals surface area contributed by atoms with Crippen molar-refractivity contribution in [2.75, 3.05) is 18.1 Å². The first kappa shape index (κ1) is 17.8. The third kappa shape index (κ3) is 6.97. The topological polar surface area (TPSA) is 87.5 Å². The van der Waals surface area contributed by atoms with Crippen molar-refractivity contribution in [2.24, 2.45) is 5.73 Å². The first-order chi connectivity index (χ1) is 10.5. The zero-order chi connectivity index (χ0) is 16.4. The standard InChI is InChI=1S/C16H26N4O2/c1-3-20(14-10-8-13(2)9-11-14)19-15(21)7-5-4-6-12-18-16(17)22/h8-11H,3-7,12H2,1-2H3,(H,19,21)(H3,17,18,22). The molecule has 0 atom stereocenters. The molecule has 6 heteroatoms. The molecule has 0 aromatic heterocycles. The summed E-state index contributed by atoms with van der Waals surface area (Å²) in [5.41, 5.74) is 10.1. The van der Waals surface area contributed by atoms with Crippen molar-refractivity contribution in [3.8, 4) is 0 Å². The molecule has 6 nitrogen and oxygen atoms in total. The number of unbranched alkanes of at least 4 members (excludes halogenated alkanes) is 2. The van der Waals surface area contributed by atoms with Gasteiger partial charge < -0.3 is 11.1 Å². The Morgan fingerprint density at radius 3 is 2.41 bits per heavy atom. The number of hydrazine groups is 1. The summed E-state index contributed by atoms with van der Waals surface area (Å²) in [5, 5.41) is 4.37. The van der Waals surface area contributed by atoms with Crippen LogP contribution in [-0.4, -0.2) is 25.0 Å². The van der Waals surface area contributed by atoms with Crippen LogP contribution in [-0.2, 0) is 4.79 Å². The van der Waals surface area contributed by atoms with Crippen LogP contribution in [0.1, 0.15) is 38.2 Å². The fourth-order valence-corrected chi connectivity index (χ4v) is 2.06. The van der Waals surface area contributed by atoms with E-state index in [2.05, 4.69) is 10.7 Å². The van der Waals surface area contributed by atoms with Gasteiger partial charge in [-0.15, -0.1) is 0 Å². The number of amides is 3. The summed E-state index contributed by atoms with van der Waals surface area (Å²) in [4.78, 5) is 22.4. The van der Waals surface area contributed by atoms with Gasteiger partial charge in [-0.2, -0.15) is 0 Å². The molecule has 22 heavy (non-hydrogen) atoms. The summed E-state index contributed by atoms with van der Waals surface area (Å²) < 4.78 is 0. The lowest BCUT2D eigenvalue weighted by atomic mass is 10.2. The van der Waals surface area contributed by atoms with Crippen LogP contribution in [0.2, 0.25) is 0 Å². The molecule has 0 spiro atoms. The van der Waals surface area contributed by atoms with E-state index in [1.54, 1.807) is 0 Å². The Bertz CT molecular complexity index is 474. The second-order valence-electron chi connectivity index (χ2n) is 5.22. The Kier molecular flexibility index (Phi) is 7.81. The molecule has 3 amide bonds. The minimum Gasteiger partial charge on any atom is -0.352 e. The normalized spacial score (nSPS) is 10.1. The molecule has 122 valence electrons. The average molecular weight is 306 g/mol. The molecule has 1 aromatic rings. The fourth-order valence-electron chi connectivity index (χ4n) is 2.06. The highest BCUT2D eigenvalue weighted by Gasteiger charge is 2.08. The maximum absolute atomic E-state index is 12.0. The maximum Gasteiger partial charge on any atom is 0.312 e. The van der Waals surface area contributed by atoms with Crippen molar-refractivity contribution < 1.29 is 9.59 Å². The summed E-state index contributed by atoms with van der Waals surface area (Å²) in [6.45, 7) is 5.29. The molecule has 0 fully saturated rings. The Hall–Kier alpha value is -2.24. The van der Waals surface area contributed by atoms with E-state index in [9.17, 15) is 9.59 Å². The van der Waals surface area contributed by atoms with E-state index >= 15 is 0 Å². The van der Waals surface area contributed by atoms with Gasteiger partial charge in [0.05, 0.1) is 5.69 Å². The third-order valence-corrected chi connectivity index (χ3v) is 3.30. The van der Waals surface area contributed by atoms with Gasteiger partial charge >= 0.3 is 6.03 Å². The van der Waals surface area contributed by atoms with Gasteiger partial charge in [-0.25, -0.2) is 4.79 Å². The number of nitrogens with zero attached hydrogens (tertiary/aromatic N) is 1. The van der Waals surface area contributed by atoms with Gasteiger partial charge in [-0.1, -0.05) is 24.1 Å². The number of hydrogen-bond acceptors (Lipinski definition) is 3. The maximum atomic E-state index is 12.0. The van der Waals surface area contributed by atoms with Crippen LogP contribution in [0.15, 0.2) is 24.3 Å². The summed E-state index contributed by atoms with van der Waals surface area (Å²) in [6, 6.07) is 7.53. The van der Waals surface area contributed by atoms with E-state index in [1.807, 2.05) is 43.1 Å². The van der Waals surface area contributed by atoms with Gasteiger partial charge in [0.15, 0.2) is 0 Å². The molecule has 0 aliphatic heterocycles. The van der Waals surface area contributed by atoms with E-state index < -0.39 is 6.03 Å². The van der Waals surface area contributed by atoms with Crippen LogP contribution >= 0.6 is 0 Å². The Morgan fingerprint density at radius 1 is 1.14 bits per heavy atom. The monoisotopic (exact) mass is 306 g/mol. The third-order valence-electron chi connectivity index (χ3n) is 3.30. The van der Waals surface area contributed by atoms with E-state index in [-0.39, 0.29) is 5.91 Å². The van der Waals surface area contributed by atoms with E-state index in [0.29, 0.717) is 19.5 Å². The van der Waals surface area contributed by atoms with Crippen molar-refractivity contribution in [2.45, 2.75) is 39.5 Å². The largest absolute Gasteiger partial charge is 0.352 e. The number of anilines is 1. The van der Waals surface area contributed by atoms with Gasteiger partial charge in [-0.05, 0) is 38.8 Å². The molecule has 0 saturated heterocycles. The van der Waals surface area contributed by atoms with Crippen molar-refractivity contribution in [3.63, 3.8) is 0 Å². The highest BCUT2D eigenvalue weighted by molar-refractivity contribution is 5.77. The number of nitrogens with one attached hydrogen (secondary N) is 2. The first-order valence-corrected chi connectivity index (χ1v) is 7.70. The number of urea groups is 1. The highest BCUT2D eigenvalue weighted by Crippen LogP contribution is 2.13. The van der Waals surface area contributed by atoms with E-state index in [0.717, 1.165) is 24.9 Å². The number of primary amides is 1. The molecular formula is C16H26N4O2. The lowest BCUT2D eigenvalue weighted by molar-refractivity contribution is -0.121. The van der Waals surface area contributed by atoms with Crippen LogP contribution in [0.3, 0.4) is 0 Å². The number of aryl methyl sites for hydroxylation is 1. The smallest absolute Gasteiger partial charge is 0.312 e. The number of rotatable bonds is 9. The molecule has 0 unspecified atom stereocenters. The number of carbonyl (C=O) groups excluding carboxylic acids is 2. The lowest BCUT2D eigenvalue weighted by Crippen LogP contribution is -2.42. The van der Waals surface area contributed by atoms with Crippen LogP contribution in [0.5, 0.6) is 0 Å². The summed E-state index contributed by atoms with van der Waals surface area (Å²) in [6.07, 6.45) is 2.96. The van der Waals surface area contributed by atoms with E-state index in [1.165, 1.54) is 5.56 Å². The molecule has 4 N–H and O–H groups in total. The fraction of sp³-hybridized carbons (Fsp3) is 0.500.